The van der Waals surface area contributed by atoms with Crippen LogP contribution in [0.5, 0.6) is 11.8 Å². The van der Waals surface area contributed by atoms with Crippen LogP contribution in [0.1, 0.15) is 29.3 Å². The highest BCUT2D eigenvalue weighted by molar-refractivity contribution is 6.03. The molecule has 32 heavy (non-hydrogen) atoms. The second kappa shape index (κ2) is 12.2. The van der Waals surface area contributed by atoms with Gasteiger partial charge in [0.2, 0.25) is 5.91 Å². The number of hydrogen-bond donors (Lipinski definition) is 2. The molecular formula is C24H26N4O4. The molecule has 1 aromatic heterocycles. The maximum absolute atomic E-state index is 12.4. The normalized spacial score (nSPS) is 10.4. The first-order valence-electron chi connectivity index (χ1n) is 10.4. The average molecular weight is 434 g/mol. The standard InChI is InChI=1S/C24H26N4O4/c1-2-31-15-13-22(29)25-14-12-18-8-10-20(11-9-18)28-23(30)19-16-26-24(27-17-19)32-21-6-4-3-5-7-21/h3-11,16-17H,2,12-15H2,1H3,(H,25,29)(H,28,30). The van der Waals surface area contributed by atoms with Crippen LogP contribution in [-0.2, 0) is 16.0 Å². The van der Waals surface area contributed by atoms with Gasteiger partial charge in [0.25, 0.3) is 5.91 Å². The third kappa shape index (κ3) is 7.48. The Balaban J connectivity index is 1.44. The zero-order valence-electron chi connectivity index (χ0n) is 17.9. The number of anilines is 1. The van der Waals surface area contributed by atoms with E-state index in [0.717, 1.165) is 5.56 Å². The van der Waals surface area contributed by atoms with Gasteiger partial charge in [-0.1, -0.05) is 30.3 Å². The van der Waals surface area contributed by atoms with Crippen molar-refractivity contribution in [2.75, 3.05) is 25.1 Å². The molecule has 0 fully saturated rings. The molecular weight excluding hydrogens is 408 g/mol. The summed E-state index contributed by atoms with van der Waals surface area (Å²) >= 11 is 0. The Morgan fingerprint density at radius 3 is 2.38 bits per heavy atom. The second-order valence-corrected chi connectivity index (χ2v) is 6.87. The fourth-order valence-corrected chi connectivity index (χ4v) is 2.78. The molecule has 2 aromatic carbocycles. The van der Waals surface area contributed by atoms with Gasteiger partial charge in [-0.2, -0.15) is 0 Å². The van der Waals surface area contributed by atoms with E-state index < -0.39 is 0 Å². The Morgan fingerprint density at radius 2 is 1.69 bits per heavy atom. The molecule has 0 unspecified atom stereocenters. The summed E-state index contributed by atoms with van der Waals surface area (Å²) in [5.74, 6) is 0.283. The van der Waals surface area contributed by atoms with Crippen molar-refractivity contribution < 1.29 is 19.1 Å². The molecule has 0 atom stereocenters. The Hall–Kier alpha value is -3.78. The van der Waals surface area contributed by atoms with Crippen LogP contribution in [0.15, 0.2) is 67.0 Å². The summed E-state index contributed by atoms with van der Waals surface area (Å²) in [4.78, 5) is 32.3. The highest BCUT2D eigenvalue weighted by Crippen LogP contribution is 2.17. The second-order valence-electron chi connectivity index (χ2n) is 6.87. The Morgan fingerprint density at radius 1 is 0.969 bits per heavy atom. The number of amides is 2. The predicted octanol–water partition coefficient (Wildman–Crippen LogP) is 3.61. The fourth-order valence-electron chi connectivity index (χ4n) is 2.78. The number of hydrogen-bond acceptors (Lipinski definition) is 6. The van der Waals surface area contributed by atoms with E-state index in [2.05, 4.69) is 20.6 Å². The minimum absolute atomic E-state index is 0.0234. The topological polar surface area (TPSA) is 102 Å². The summed E-state index contributed by atoms with van der Waals surface area (Å²) in [6.45, 7) is 3.49. The summed E-state index contributed by atoms with van der Waals surface area (Å²) in [6.07, 6.45) is 3.90. The van der Waals surface area contributed by atoms with Crippen molar-refractivity contribution in [1.29, 1.82) is 0 Å². The minimum atomic E-state index is -0.314. The van der Waals surface area contributed by atoms with E-state index >= 15 is 0 Å². The highest BCUT2D eigenvalue weighted by Gasteiger charge is 2.09. The number of rotatable bonds is 11. The summed E-state index contributed by atoms with van der Waals surface area (Å²) < 4.78 is 10.7. The lowest BCUT2D eigenvalue weighted by atomic mass is 10.1. The molecule has 0 aliphatic heterocycles. The molecule has 1 heterocycles. The highest BCUT2D eigenvalue weighted by atomic mass is 16.5. The van der Waals surface area contributed by atoms with Gasteiger partial charge in [-0.15, -0.1) is 0 Å². The van der Waals surface area contributed by atoms with Crippen LogP contribution >= 0.6 is 0 Å². The molecule has 3 aromatic rings. The van der Waals surface area contributed by atoms with E-state index in [0.29, 0.717) is 49.6 Å². The van der Waals surface area contributed by atoms with Gasteiger partial charge >= 0.3 is 6.01 Å². The molecule has 0 bridgehead atoms. The summed E-state index contributed by atoms with van der Waals surface area (Å²) in [5, 5.41) is 5.68. The first kappa shape index (κ1) is 22.9. The molecule has 0 aliphatic carbocycles. The molecule has 0 spiro atoms. The van der Waals surface area contributed by atoms with Crippen LogP contribution in [0, 0.1) is 0 Å². The SMILES string of the molecule is CCOCCC(=O)NCCc1ccc(NC(=O)c2cnc(Oc3ccccc3)nc2)cc1. The van der Waals surface area contributed by atoms with Crippen molar-refractivity contribution in [2.24, 2.45) is 0 Å². The number of ether oxygens (including phenoxy) is 2. The first-order valence-corrected chi connectivity index (χ1v) is 10.4. The zero-order chi connectivity index (χ0) is 22.6. The predicted molar refractivity (Wildman–Crippen MR) is 121 cm³/mol. The van der Waals surface area contributed by atoms with E-state index in [9.17, 15) is 9.59 Å². The fraction of sp³-hybridized carbons (Fsp3) is 0.250. The zero-order valence-corrected chi connectivity index (χ0v) is 17.9. The maximum Gasteiger partial charge on any atom is 0.321 e. The smallest absolute Gasteiger partial charge is 0.321 e. The lowest BCUT2D eigenvalue weighted by Crippen LogP contribution is -2.26. The molecule has 166 valence electrons. The molecule has 0 saturated heterocycles. The number of nitrogens with one attached hydrogen (secondary N) is 2. The van der Waals surface area contributed by atoms with Crippen molar-refractivity contribution >= 4 is 17.5 Å². The molecule has 0 saturated carbocycles. The molecule has 8 nitrogen and oxygen atoms in total. The van der Waals surface area contributed by atoms with Gasteiger partial charge in [0.1, 0.15) is 5.75 Å². The van der Waals surface area contributed by atoms with E-state index in [1.807, 2.05) is 49.4 Å². The van der Waals surface area contributed by atoms with Crippen molar-refractivity contribution in [3.8, 4) is 11.8 Å². The molecule has 0 aliphatic rings. The van der Waals surface area contributed by atoms with E-state index in [1.54, 1.807) is 12.1 Å². The minimum Gasteiger partial charge on any atom is -0.424 e. The quantitative estimate of drug-likeness (QED) is 0.447. The summed E-state index contributed by atoms with van der Waals surface area (Å²) in [7, 11) is 0. The number of benzene rings is 2. The van der Waals surface area contributed by atoms with Crippen LogP contribution < -0.4 is 15.4 Å². The lowest BCUT2D eigenvalue weighted by molar-refractivity contribution is -0.122. The number of para-hydroxylation sites is 1. The largest absolute Gasteiger partial charge is 0.424 e. The van der Waals surface area contributed by atoms with E-state index in [-0.39, 0.29) is 17.8 Å². The third-order valence-corrected chi connectivity index (χ3v) is 4.47. The Bertz CT molecular complexity index is 993. The number of carbonyl (C=O) groups excluding carboxylic acids is 2. The van der Waals surface area contributed by atoms with Gasteiger partial charge in [-0.3, -0.25) is 9.59 Å². The average Bonchev–Trinajstić information content (AvgIpc) is 2.81. The van der Waals surface area contributed by atoms with Gasteiger partial charge < -0.3 is 20.1 Å². The van der Waals surface area contributed by atoms with Crippen LogP contribution in [0.25, 0.3) is 0 Å². The number of aromatic nitrogens is 2. The summed E-state index contributed by atoms with van der Waals surface area (Å²) in [6, 6.07) is 16.8. The van der Waals surface area contributed by atoms with Gasteiger partial charge in [0.15, 0.2) is 0 Å². The van der Waals surface area contributed by atoms with Gasteiger partial charge in [0, 0.05) is 37.7 Å². The number of carbonyl (C=O) groups is 2. The Labute approximate surface area is 187 Å². The van der Waals surface area contributed by atoms with Crippen molar-refractivity contribution in [3.05, 3.63) is 78.1 Å². The van der Waals surface area contributed by atoms with E-state index in [1.165, 1.54) is 12.4 Å². The Kier molecular flexibility index (Phi) is 8.70. The third-order valence-electron chi connectivity index (χ3n) is 4.47. The van der Waals surface area contributed by atoms with Gasteiger partial charge in [-0.25, -0.2) is 9.97 Å². The van der Waals surface area contributed by atoms with Crippen LogP contribution in [-0.4, -0.2) is 41.5 Å². The maximum atomic E-state index is 12.4. The van der Waals surface area contributed by atoms with Gasteiger partial charge in [-0.05, 0) is 43.2 Å². The summed E-state index contributed by atoms with van der Waals surface area (Å²) in [5.41, 5.74) is 2.03. The molecule has 0 radical (unpaired) electrons. The van der Waals surface area contributed by atoms with Crippen LogP contribution in [0.4, 0.5) is 5.69 Å². The molecule has 8 heteroatoms. The van der Waals surface area contributed by atoms with Gasteiger partial charge in [0.05, 0.1) is 12.2 Å². The van der Waals surface area contributed by atoms with Crippen molar-refractivity contribution in [1.82, 2.24) is 15.3 Å². The van der Waals surface area contributed by atoms with Crippen LogP contribution in [0.3, 0.4) is 0 Å². The van der Waals surface area contributed by atoms with Crippen molar-refractivity contribution in [3.63, 3.8) is 0 Å². The van der Waals surface area contributed by atoms with E-state index in [4.69, 9.17) is 9.47 Å². The molecule has 3 rings (SSSR count). The molecule has 2 N–H and O–H groups in total. The lowest BCUT2D eigenvalue weighted by Gasteiger charge is -2.08. The van der Waals surface area contributed by atoms with Crippen molar-refractivity contribution in [2.45, 2.75) is 19.8 Å². The number of nitrogens with zero attached hydrogens (tertiary/aromatic N) is 2. The first-order chi connectivity index (χ1) is 15.6. The monoisotopic (exact) mass is 434 g/mol. The molecule has 2 amide bonds. The van der Waals surface area contributed by atoms with Crippen LogP contribution in [0.2, 0.25) is 0 Å².